The van der Waals surface area contributed by atoms with Gasteiger partial charge in [0.05, 0.1) is 31.3 Å². The van der Waals surface area contributed by atoms with Crippen molar-refractivity contribution >= 4 is 5.91 Å². The van der Waals surface area contributed by atoms with Crippen LogP contribution in [-0.4, -0.2) is 178 Å². The van der Waals surface area contributed by atoms with Crippen LogP contribution in [0.5, 0.6) is 0 Å². The highest BCUT2D eigenvalue weighted by Gasteiger charge is 2.54. The summed E-state index contributed by atoms with van der Waals surface area (Å²) in [4.78, 5) is 12.7. The van der Waals surface area contributed by atoms with E-state index < -0.39 is 129 Å². The van der Waals surface area contributed by atoms with Crippen molar-refractivity contribution in [2.24, 2.45) is 34.4 Å². The number of hydrogen-bond donors (Lipinski definition) is 14. The molecule has 0 radical (unpaired) electrons. The van der Waals surface area contributed by atoms with Gasteiger partial charge in [-0.1, -0.05) is 0 Å². The molecule has 48 heavy (non-hydrogen) atoms. The highest BCUT2D eigenvalue weighted by atomic mass is 16.8. The Kier molecular flexibility index (Phi) is 13.8. The van der Waals surface area contributed by atoms with Gasteiger partial charge in [-0.25, -0.2) is 0 Å². The zero-order valence-electron chi connectivity index (χ0n) is 26.2. The van der Waals surface area contributed by atoms with Crippen LogP contribution in [0.2, 0.25) is 0 Å². The maximum absolute atomic E-state index is 12.7. The molecule has 2 saturated heterocycles. The largest absolute Gasteiger partial charge is 0.467 e. The lowest BCUT2D eigenvalue weighted by molar-refractivity contribution is -0.282. The Bertz CT molecular complexity index is 1080. The van der Waals surface area contributed by atoms with E-state index in [0.717, 1.165) is 0 Å². The minimum absolute atomic E-state index is 0.0549. The summed E-state index contributed by atoms with van der Waals surface area (Å²) in [6.45, 7) is -1.25. The van der Waals surface area contributed by atoms with E-state index in [1.165, 1.54) is 0 Å². The maximum Gasteiger partial charge on any atom is 0.251 e. The van der Waals surface area contributed by atoms with Crippen molar-refractivity contribution in [1.82, 2.24) is 5.32 Å². The van der Waals surface area contributed by atoms with Gasteiger partial charge >= 0.3 is 0 Å². The van der Waals surface area contributed by atoms with Crippen LogP contribution in [0.3, 0.4) is 0 Å². The third-order valence-electron chi connectivity index (χ3n) is 8.98. The Hall–Kier alpha value is -1.71. The van der Waals surface area contributed by atoms with Crippen LogP contribution in [0.1, 0.15) is 12.8 Å². The number of aliphatic hydroxyl groups is 7. The molecule has 4 aliphatic rings. The zero-order valence-corrected chi connectivity index (χ0v) is 26.2. The molecule has 0 aromatic carbocycles. The van der Waals surface area contributed by atoms with Gasteiger partial charge in [-0.3, -0.25) is 4.79 Å². The van der Waals surface area contributed by atoms with Crippen molar-refractivity contribution in [3.63, 3.8) is 0 Å². The molecule has 1 saturated carbocycles. The monoisotopic (exact) mass is 697 g/mol. The maximum atomic E-state index is 12.7. The quantitative estimate of drug-likeness (QED) is 0.0849. The van der Waals surface area contributed by atoms with Crippen LogP contribution in [-0.2, 0) is 33.2 Å². The van der Waals surface area contributed by atoms with E-state index in [-0.39, 0.29) is 19.5 Å². The molecule has 0 aromatic heterocycles. The Morgan fingerprint density at radius 1 is 0.854 bits per heavy atom. The fourth-order valence-corrected chi connectivity index (χ4v) is 6.08. The first-order chi connectivity index (χ1) is 22.8. The molecule has 4 rings (SSSR count). The predicted molar refractivity (Wildman–Crippen MR) is 160 cm³/mol. The number of ether oxygens (including phenoxy) is 6. The van der Waals surface area contributed by atoms with Gasteiger partial charge in [0.2, 0.25) is 6.29 Å². The van der Waals surface area contributed by atoms with Crippen molar-refractivity contribution in [3.05, 3.63) is 11.8 Å². The fourth-order valence-electron chi connectivity index (χ4n) is 6.08. The lowest BCUT2D eigenvalue weighted by atomic mass is 9.83. The second kappa shape index (κ2) is 17.0. The first kappa shape index (κ1) is 39.1. The second-order valence-corrected chi connectivity index (χ2v) is 12.4. The highest BCUT2D eigenvalue weighted by molar-refractivity contribution is 5.81. The average molecular weight is 698 g/mol. The molecule has 1 amide bonds. The van der Waals surface area contributed by atoms with Gasteiger partial charge in [0.15, 0.2) is 18.7 Å². The normalized spacial score (nSPS) is 44.8. The average Bonchev–Trinajstić information content (AvgIpc) is 3.37. The van der Waals surface area contributed by atoms with Crippen LogP contribution in [0.25, 0.3) is 0 Å². The molecule has 1 aliphatic carbocycles. The number of rotatable bonds is 13. The van der Waals surface area contributed by atoms with Gasteiger partial charge in [0, 0.05) is 19.1 Å². The molecule has 3 heterocycles. The number of aliphatic hydroxyl groups excluding tert-OH is 7. The van der Waals surface area contributed by atoms with Crippen LogP contribution >= 0.6 is 0 Å². The summed E-state index contributed by atoms with van der Waals surface area (Å²) in [6, 6.07) is -4.12. The van der Waals surface area contributed by atoms with E-state index in [0.29, 0.717) is 12.2 Å². The molecule has 21 nitrogen and oxygen atoms in total. The van der Waals surface area contributed by atoms with Crippen LogP contribution < -0.4 is 39.7 Å². The second-order valence-electron chi connectivity index (χ2n) is 12.4. The Morgan fingerprint density at radius 3 is 2.12 bits per heavy atom. The smallest absolute Gasteiger partial charge is 0.251 e. The van der Waals surface area contributed by atoms with E-state index in [9.17, 15) is 40.5 Å². The molecule has 18 atom stereocenters. The van der Waals surface area contributed by atoms with Gasteiger partial charge in [0.1, 0.15) is 66.8 Å². The number of carbonyl (C=O) groups excluding carboxylic acids is 1. The van der Waals surface area contributed by atoms with Crippen molar-refractivity contribution in [1.29, 1.82) is 0 Å². The zero-order chi connectivity index (χ0) is 35.4. The van der Waals surface area contributed by atoms with E-state index in [4.69, 9.17) is 62.8 Å². The first-order valence-corrected chi connectivity index (χ1v) is 15.8. The van der Waals surface area contributed by atoms with Crippen molar-refractivity contribution < 1.29 is 69.0 Å². The summed E-state index contributed by atoms with van der Waals surface area (Å²) >= 11 is 0. The Balaban J connectivity index is 1.56. The molecule has 3 aliphatic heterocycles. The minimum Gasteiger partial charge on any atom is -0.467 e. The fraction of sp³-hybridized carbons (Fsp3) is 0.889. The third-order valence-corrected chi connectivity index (χ3v) is 8.98. The van der Waals surface area contributed by atoms with Crippen LogP contribution in [0, 0.1) is 0 Å². The highest BCUT2D eigenvalue weighted by Crippen LogP contribution is 2.34. The molecular formula is C27H51N7O14. The number of amides is 1. The SMILES string of the molecule is NCC1=CC[C@@H](N)[C@@H](O[C@H]2[C@H](O[C@@H]3O[C@H](CO)[C@@H](O[C@H]4O[C@@H](CN)[C@@H](O)[C@H](O)[C@H]4N)[C@H]3O)[C@@H](O)[C@H](NC(=O)[C@@H](O)[C@@H](O)CN)C[C@@H]2N)O1. The number of nitrogens with one attached hydrogen (secondary N) is 1. The number of hydrogen-bond acceptors (Lipinski definition) is 20. The summed E-state index contributed by atoms with van der Waals surface area (Å²) in [5, 5.41) is 75.9. The molecular weight excluding hydrogens is 646 g/mol. The third kappa shape index (κ3) is 8.42. The van der Waals surface area contributed by atoms with Crippen LogP contribution in [0.4, 0.5) is 0 Å². The van der Waals surface area contributed by atoms with E-state index in [1.54, 1.807) is 6.08 Å². The van der Waals surface area contributed by atoms with Crippen LogP contribution in [0.15, 0.2) is 11.8 Å². The molecule has 3 fully saturated rings. The summed E-state index contributed by atoms with van der Waals surface area (Å²) < 4.78 is 35.2. The van der Waals surface area contributed by atoms with Gasteiger partial charge in [-0.2, -0.15) is 0 Å². The van der Waals surface area contributed by atoms with Crippen molar-refractivity contribution in [2.45, 2.75) is 123 Å². The molecule has 0 aromatic rings. The van der Waals surface area contributed by atoms with Gasteiger partial charge in [0.25, 0.3) is 5.91 Å². The van der Waals surface area contributed by atoms with E-state index in [1.807, 2.05) is 0 Å². The van der Waals surface area contributed by atoms with E-state index in [2.05, 4.69) is 5.32 Å². The number of nitrogens with two attached hydrogens (primary N) is 6. The van der Waals surface area contributed by atoms with Crippen molar-refractivity contribution in [2.75, 3.05) is 26.2 Å². The summed E-state index contributed by atoms with van der Waals surface area (Å²) in [7, 11) is 0. The lowest BCUT2D eigenvalue weighted by Crippen LogP contribution is -2.67. The Labute approximate surface area is 276 Å². The molecule has 0 bridgehead atoms. The molecule has 278 valence electrons. The molecule has 0 spiro atoms. The first-order valence-electron chi connectivity index (χ1n) is 15.8. The summed E-state index contributed by atoms with van der Waals surface area (Å²) in [6.07, 6.45) is -18.3. The standard InChI is InChI=1S/C27H51N7O14/c28-4-8-1-2-9(31)25(43-8)46-21-10(32)3-11(34-24(42)17(38)12(36)5-29)16(37)23(21)48-27-20(41)22(14(7-35)45-27)47-26-15(33)19(40)18(39)13(6-30)44-26/h1,9-23,25-27,35-41H,2-7,28-33H2,(H,34,42)/t9-,10+,11-,12+,13+,14-,15-,16+,17+,18-,19-,20-,21-,22-,23-,25-,26-,27+/m1/s1. The predicted octanol–water partition coefficient (Wildman–Crippen LogP) is -8.87. The molecule has 21 heteroatoms. The Morgan fingerprint density at radius 2 is 1.50 bits per heavy atom. The van der Waals surface area contributed by atoms with E-state index >= 15 is 0 Å². The topological polar surface area (TPSA) is 382 Å². The molecule has 20 N–H and O–H groups in total. The summed E-state index contributed by atoms with van der Waals surface area (Å²) in [5.74, 6) is -0.643. The van der Waals surface area contributed by atoms with Gasteiger partial charge < -0.3 is 104 Å². The van der Waals surface area contributed by atoms with Crippen molar-refractivity contribution in [3.8, 4) is 0 Å². The van der Waals surface area contributed by atoms with Gasteiger partial charge in [-0.15, -0.1) is 0 Å². The minimum atomic E-state index is -1.92. The molecule has 0 unspecified atom stereocenters. The summed E-state index contributed by atoms with van der Waals surface area (Å²) in [5.41, 5.74) is 35.4. The van der Waals surface area contributed by atoms with Gasteiger partial charge in [-0.05, 0) is 18.9 Å². The number of carbonyl (C=O) groups is 1. The lowest BCUT2D eigenvalue weighted by Gasteiger charge is -2.46.